The van der Waals surface area contributed by atoms with Crippen LogP contribution in [0.25, 0.3) is 6.08 Å². The fraction of sp³-hybridized carbons (Fsp3) is 0.417. The Hall–Kier alpha value is -3.04. The number of hydrogen-bond donors (Lipinski definition) is 1. The Labute approximate surface area is 178 Å². The van der Waals surface area contributed by atoms with E-state index in [1.807, 2.05) is 38.1 Å². The molecule has 1 aromatic carbocycles. The molecule has 1 amide bonds. The van der Waals surface area contributed by atoms with Crippen LogP contribution in [0.1, 0.15) is 43.1 Å². The second-order valence-corrected chi connectivity index (χ2v) is 7.58. The van der Waals surface area contributed by atoms with Crippen molar-refractivity contribution in [3.05, 3.63) is 52.9 Å². The van der Waals surface area contributed by atoms with E-state index in [0.717, 1.165) is 49.4 Å². The molecule has 0 bridgehead atoms. The van der Waals surface area contributed by atoms with Crippen LogP contribution in [-0.4, -0.2) is 29.8 Å². The smallest absolute Gasteiger partial charge is 0.266 e. The van der Waals surface area contributed by atoms with Crippen LogP contribution in [-0.2, 0) is 16.1 Å². The van der Waals surface area contributed by atoms with Gasteiger partial charge in [-0.2, -0.15) is 5.26 Å². The van der Waals surface area contributed by atoms with E-state index in [2.05, 4.69) is 16.8 Å². The van der Waals surface area contributed by atoms with Crippen molar-refractivity contribution in [2.45, 2.75) is 52.7 Å². The molecule has 1 saturated heterocycles. The maximum Gasteiger partial charge on any atom is 0.266 e. The van der Waals surface area contributed by atoms with Crippen LogP contribution in [0.4, 0.5) is 5.69 Å². The molecule has 0 aliphatic carbocycles. The lowest BCUT2D eigenvalue weighted by Gasteiger charge is -2.12. The van der Waals surface area contributed by atoms with Gasteiger partial charge in [-0.25, -0.2) is 0 Å². The number of rotatable bonds is 8. The van der Waals surface area contributed by atoms with Gasteiger partial charge in [0.05, 0.1) is 6.10 Å². The van der Waals surface area contributed by atoms with E-state index in [0.29, 0.717) is 18.0 Å². The second-order valence-electron chi connectivity index (χ2n) is 7.58. The molecule has 2 heterocycles. The molecule has 1 aliphatic heterocycles. The van der Waals surface area contributed by atoms with Gasteiger partial charge in [0.25, 0.3) is 5.91 Å². The van der Waals surface area contributed by atoms with Gasteiger partial charge in [0, 0.05) is 36.3 Å². The molecule has 1 fully saturated rings. The van der Waals surface area contributed by atoms with Crippen LogP contribution in [0.15, 0.2) is 35.9 Å². The predicted octanol–water partition coefficient (Wildman–Crippen LogP) is 4.62. The number of carbonyl (C=O) groups is 1. The third-order valence-electron chi connectivity index (χ3n) is 5.28. The molecule has 158 valence electrons. The summed E-state index contributed by atoms with van der Waals surface area (Å²) in [6, 6.07) is 11.2. The van der Waals surface area contributed by atoms with Crippen LogP contribution in [0, 0.1) is 25.2 Å². The molecule has 1 aromatic heterocycles. The van der Waals surface area contributed by atoms with E-state index in [9.17, 15) is 10.1 Å². The number of ether oxygens (including phenoxy) is 2. The lowest BCUT2D eigenvalue weighted by molar-refractivity contribution is -0.112. The first-order chi connectivity index (χ1) is 14.5. The zero-order valence-electron chi connectivity index (χ0n) is 17.9. The van der Waals surface area contributed by atoms with Crippen molar-refractivity contribution in [3.63, 3.8) is 0 Å². The minimum atomic E-state index is -0.436. The number of nitriles is 1. The average molecular weight is 408 g/mol. The van der Waals surface area contributed by atoms with Crippen LogP contribution in [0.3, 0.4) is 0 Å². The Bertz CT molecular complexity index is 963. The molecule has 0 radical (unpaired) electrons. The average Bonchev–Trinajstić information content (AvgIpc) is 3.35. The van der Waals surface area contributed by atoms with E-state index >= 15 is 0 Å². The Morgan fingerprint density at radius 3 is 2.93 bits per heavy atom. The lowest BCUT2D eigenvalue weighted by Crippen LogP contribution is -2.16. The van der Waals surface area contributed by atoms with Crippen molar-refractivity contribution in [3.8, 4) is 11.8 Å². The highest BCUT2D eigenvalue weighted by Crippen LogP contribution is 2.22. The number of anilines is 1. The van der Waals surface area contributed by atoms with Crippen molar-refractivity contribution >= 4 is 17.7 Å². The molecule has 1 atom stereocenters. The summed E-state index contributed by atoms with van der Waals surface area (Å²) in [4.78, 5) is 12.7. The molecule has 1 aliphatic rings. The van der Waals surface area contributed by atoms with Gasteiger partial charge in [-0.15, -0.1) is 0 Å². The zero-order valence-corrected chi connectivity index (χ0v) is 17.9. The second kappa shape index (κ2) is 10.1. The summed E-state index contributed by atoms with van der Waals surface area (Å²) < 4.78 is 13.6. The summed E-state index contributed by atoms with van der Waals surface area (Å²) in [6.45, 7) is 8.37. The van der Waals surface area contributed by atoms with E-state index in [4.69, 9.17) is 9.47 Å². The van der Waals surface area contributed by atoms with E-state index in [1.54, 1.807) is 18.2 Å². The fourth-order valence-electron chi connectivity index (χ4n) is 3.67. The third kappa shape index (κ3) is 5.31. The van der Waals surface area contributed by atoms with Crippen molar-refractivity contribution in [2.75, 3.05) is 18.5 Å². The minimum Gasteiger partial charge on any atom is -0.491 e. The van der Waals surface area contributed by atoms with Crippen molar-refractivity contribution in [1.29, 1.82) is 5.26 Å². The molecule has 3 rings (SSSR count). The number of amides is 1. The Balaban J connectivity index is 1.69. The quantitative estimate of drug-likeness (QED) is 0.512. The first-order valence-electron chi connectivity index (χ1n) is 10.5. The first-order valence-corrected chi connectivity index (χ1v) is 10.5. The molecule has 6 nitrogen and oxygen atoms in total. The van der Waals surface area contributed by atoms with Gasteiger partial charge in [-0.1, -0.05) is 13.0 Å². The van der Waals surface area contributed by atoms with Gasteiger partial charge >= 0.3 is 0 Å². The number of nitrogens with one attached hydrogen (secondary N) is 1. The number of aryl methyl sites for hydroxylation is 1. The van der Waals surface area contributed by atoms with Gasteiger partial charge in [0.1, 0.15) is 24.0 Å². The monoisotopic (exact) mass is 407 g/mol. The predicted molar refractivity (Wildman–Crippen MR) is 117 cm³/mol. The standard InChI is InChI=1S/C24H29N3O3/c1-4-10-27-17(2)12-19(18(27)3)13-20(15-25)24(28)26-21-7-5-8-22(14-21)30-16-23-9-6-11-29-23/h5,7-8,12-14,23H,4,6,9-11,16H2,1-3H3,(H,26,28)/b20-13+. The molecule has 0 saturated carbocycles. The number of carbonyl (C=O) groups excluding carboxylic acids is 1. The van der Waals surface area contributed by atoms with Crippen LogP contribution in [0.2, 0.25) is 0 Å². The highest BCUT2D eigenvalue weighted by Gasteiger charge is 2.16. The molecule has 1 unspecified atom stereocenters. The highest BCUT2D eigenvalue weighted by molar-refractivity contribution is 6.09. The highest BCUT2D eigenvalue weighted by atomic mass is 16.5. The first kappa shape index (κ1) is 21.7. The Morgan fingerprint density at radius 2 is 2.23 bits per heavy atom. The summed E-state index contributed by atoms with van der Waals surface area (Å²) in [5.74, 6) is 0.225. The molecule has 2 aromatic rings. The normalized spacial score (nSPS) is 16.3. The van der Waals surface area contributed by atoms with Crippen LogP contribution < -0.4 is 10.1 Å². The summed E-state index contributed by atoms with van der Waals surface area (Å²) in [5.41, 5.74) is 3.72. The van der Waals surface area contributed by atoms with Gasteiger partial charge in [0.2, 0.25) is 0 Å². The SMILES string of the molecule is CCCn1c(C)cc(/C=C(\C#N)C(=O)Nc2cccc(OCC3CCCO3)c2)c1C. The largest absolute Gasteiger partial charge is 0.491 e. The third-order valence-corrected chi connectivity index (χ3v) is 5.28. The Kier molecular flexibility index (Phi) is 7.31. The molecule has 0 spiro atoms. The van der Waals surface area contributed by atoms with Gasteiger partial charge < -0.3 is 19.4 Å². The Morgan fingerprint density at radius 1 is 1.40 bits per heavy atom. The topological polar surface area (TPSA) is 76.3 Å². The van der Waals surface area contributed by atoms with Crippen molar-refractivity contribution in [1.82, 2.24) is 4.57 Å². The van der Waals surface area contributed by atoms with Gasteiger partial charge in [-0.3, -0.25) is 4.79 Å². The van der Waals surface area contributed by atoms with E-state index in [1.165, 1.54) is 0 Å². The summed E-state index contributed by atoms with van der Waals surface area (Å²) >= 11 is 0. The van der Waals surface area contributed by atoms with Crippen molar-refractivity contribution in [2.24, 2.45) is 0 Å². The molecule has 30 heavy (non-hydrogen) atoms. The molecular weight excluding hydrogens is 378 g/mol. The van der Waals surface area contributed by atoms with Gasteiger partial charge in [-0.05, 0) is 62.9 Å². The summed E-state index contributed by atoms with van der Waals surface area (Å²) in [5, 5.41) is 12.3. The number of aromatic nitrogens is 1. The number of hydrogen-bond acceptors (Lipinski definition) is 4. The summed E-state index contributed by atoms with van der Waals surface area (Å²) in [7, 11) is 0. The van der Waals surface area contributed by atoms with E-state index in [-0.39, 0.29) is 11.7 Å². The number of nitrogens with zero attached hydrogens (tertiary/aromatic N) is 2. The lowest BCUT2D eigenvalue weighted by atomic mass is 10.1. The van der Waals surface area contributed by atoms with Crippen molar-refractivity contribution < 1.29 is 14.3 Å². The fourth-order valence-corrected chi connectivity index (χ4v) is 3.67. The van der Waals surface area contributed by atoms with Crippen LogP contribution in [0.5, 0.6) is 5.75 Å². The van der Waals surface area contributed by atoms with E-state index < -0.39 is 5.91 Å². The zero-order chi connectivity index (χ0) is 21.5. The summed E-state index contributed by atoms with van der Waals surface area (Å²) in [6.07, 6.45) is 4.88. The maximum atomic E-state index is 12.7. The maximum absolute atomic E-state index is 12.7. The van der Waals surface area contributed by atoms with Gasteiger partial charge in [0.15, 0.2) is 0 Å². The minimum absolute atomic E-state index is 0.0671. The molecule has 6 heteroatoms. The number of benzene rings is 1. The van der Waals surface area contributed by atoms with Crippen LogP contribution >= 0.6 is 0 Å². The molecular formula is C24H29N3O3. The molecule has 1 N–H and O–H groups in total.